The number of hydrogen-bond acceptors (Lipinski definition) is 3. The van der Waals surface area contributed by atoms with E-state index < -0.39 is 0 Å². The first-order chi connectivity index (χ1) is 9.63. The van der Waals surface area contributed by atoms with Crippen LogP contribution in [0.3, 0.4) is 0 Å². The minimum Gasteiger partial charge on any atom is -0.398 e. The Balaban J connectivity index is 2.28. The van der Waals surface area contributed by atoms with Crippen LogP contribution in [0.5, 0.6) is 0 Å². The molecule has 0 unspecified atom stereocenters. The molecule has 0 saturated heterocycles. The van der Waals surface area contributed by atoms with Crippen molar-refractivity contribution in [2.75, 3.05) is 11.1 Å². The molecule has 2 aromatic rings. The number of aryl methyl sites for hydroxylation is 1. The molecule has 5 N–H and O–H groups in total. The first-order valence-electron chi connectivity index (χ1n) is 6.48. The zero-order chi connectivity index (χ0) is 14.5. The van der Waals surface area contributed by atoms with Gasteiger partial charge in [0.1, 0.15) is 5.82 Å². The molecule has 0 atom stereocenters. The number of hydrogen-bond donors (Lipinski definition) is 3. The van der Waals surface area contributed by atoms with Crippen molar-refractivity contribution in [2.45, 2.75) is 13.3 Å². The highest BCUT2D eigenvalue weighted by Crippen LogP contribution is 2.22. The van der Waals surface area contributed by atoms with E-state index in [2.05, 4.69) is 5.32 Å². The summed E-state index contributed by atoms with van der Waals surface area (Å²) in [5.41, 5.74) is 15.0. The molecule has 2 rings (SSSR count). The van der Waals surface area contributed by atoms with Crippen molar-refractivity contribution in [3.63, 3.8) is 0 Å². The summed E-state index contributed by atoms with van der Waals surface area (Å²) in [7, 11) is 0. The van der Waals surface area contributed by atoms with E-state index in [0.717, 1.165) is 17.5 Å². The second-order valence-corrected chi connectivity index (χ2v) is 4.46. The highest BCUT2D eigenvalue weighted by molar-refractivity contribution is 5.74. The Morgan fingerprint density at radius 2 is 1.95 bits per heavy atom. The summed E-state index contributed by atoms with van der Waals surface area (Å²) in [6.45, 7) is 1.97. The molecule has 0 amide bonds. The van der Waals surface area contributed by atoms with Gasteiger partial charge in [0.15, 0.2) is 0 Å². The number of nitrogens with one attached hydrogen (secondary N) is 1. The van der Waals surface area contributed by atoms with Crippen LogP contribution in [0.2, 0.25) is 0 Å². The fourth-order valence-corrected chi connectivity index (χ4v) is 2.01. The zero-order valence-electron chi connectivity index (χ0n) is 11.4. The zero-order valence-corrected chi connectivity index (χ0v) is 11.4. The molecular formula is C16H18FN3. The quantitative estimate of drug-likeness (QED) is 0.747. The third-order valence-electron chi connectivity index (χ3n) is 3.12. The van der Waals surface area contributed by atoms with E-state index in [0.29, 0.717) is 17.1 Å². The SMILES string of the molecule is CCc1cccc(F)c1N/C=C(\N)c1ccccc1N. The molecule has 0 radical (unpaired) electrons. The molecule has 20 heavy (non-hydrogen) atoms. The van der Waals surface area contributed by atoms with Crippen LogP contribution in [0.25, 0.3) is 5.70 Å². The van der Waals surface area contributed by atoms with Crippen LogP contribution in [-0.2, 0) is 6.42 Å². The van der Waals surface area contributed by atoms with Crippen LogP contribution >= 0.6 is 0 Å². The molecule has 0 aliphatic carbocycles. The van der Waals surface area contributed by atoms with Crippen molar-refractivity contribution in [3.05, 3.63) is 65.6 Å². The summed E-state index contributed by atoms with van der Waals surface area (Å²) < 4.78 is 13.8. The van der Waals surface area contributed by atoms with E-state index in [9.17, 15) is 4.39 Å². The summed E-state index contributed by atoms with van der Waals surface area (Å²) in [6.07, 6.45) is 2.31. The smallest absolute Gasteiger partial charge is 0.146 e. The predicted molar refractivity (Wildman–Crippen MR) is 82.4 cm³/mol. The molecule has 3 nitrogen and oxygen atoms in total. The maximum atomic E-state index is 13.8. The van der Waals surface area contributed by atoms with E-state index in [1.54, 1.807) is 18.3 Å². The van der Waals surface area contributed by atoms with Crippen molar-refractivity contribution < 1.29 is 4.39 Å². The number of halogens is 1. The lowest BCUT2D eigenvalue weighted by Crippen LogP contribution is -2.05. The summed E-state index contributed by atoms with van der Waals surface area (Å²) in [6, 6.07) is 12.3. The minimum atomic E-state index is -0.297. The molecule has 0 saturated carbocycles. The maximum absolute atomic E-state index is 13.8. The second-order valence-electron chi connectivity index (χ2n) is 4.46. The lowest BCUT2D eigenvalue weighted by molar-refractivity contribution is 0.630. The Kier molecular flexibility index (Phi) is 4.25. The summed E-state index contributed by atoms with van der Waals surface area (Å²) in [5, 5.41) is 2.94. The lowest BCUT2D eigenvalue weighted by atomic mass is 10.1. The molecule has 104 valence electrons. The Labute approximate surface area is 118 Å². The van der Waals surface area contributed by atoms with Crippen molar-refractivity contribution in [1.82, 2.24) is 0 Å². The highest BCUT2D eigenvalue weighted by atomic mass is 19.1. The number of rotatable bonds is 4. The first-order valence-corrected chi connectivity index (χ1v) is 6.48. The van der Waals surface area contributed by atoms with Gasteiger partial charge in [0.25, 0.3) is 0 Å². The Morgan fingerprint density at radius 3 is 2.65 bits per heavy atom. The van der Waals surface area contributed by atoms with Gasteiger partial charge in [0, 0.05) is 17.5 Å². The van der Waals surface area contributed by atoms with E-state index >= 15 is 0 Å². The van der Waals surface area contributed by atoms with Crippen molar-refractivity contribution in [2.24, 2.45) is 5.73 Å². The van der Waals surface area contributed by atoms with Gasteiger partial charge in [-0.25, -0.2) is 4.39 Å². The van der Waals surface area contributed by atoms with Gasteiger partial charge in [-0.1, -0.05) is 37.3 Å². The monoisotopic (exact) mass is 271 g/mol. The largest absolute Gasteiger partial charge is 0.398 e. The predicted octanol–water partition coefficient (Wildman–Crippen LogP) is 3.34. The van der Waals surface area contributed by atoms with Gasteiger partial charge in [-0.2, -0.15) is 0 Å². The van der Waals surface area contributed by atoms with E-state index in [-0.39, 0.29) is 5.82 Å². The molecule has 0 aliphatic rings. The third kappa shape index (κ3) is 2.91. The minimum absolute atomic E-state index is 0.297. The fourth-order valence-electron chi connectivity index (χ4n) is 2.01. The summed E-state index contributed by atoms with van der Waals surface area (Å²) >= 11 is 0. The number of benzene rings is 2. The molecule has 0 aliphatic heterocycles. The molecule has 0 fully saturated rings. The number of nitrogens with two attached hydrogens (primary N) is 2. The Hall–Kier alpha value is -2.49. The van der Waals surface area contributed by atoms with Crippen molar-refractivity contribution >= 4 is 17.1 Å². The van der Waals surface area contributed by atoms with E-state index in [1.807, 2.05) is 31.2 Å². The van der Waals surface area contributed by atoms with Crippen LogP contribution in [0.1, 0.15) is 18.1 Å². The summed E-state index contributed by atoms with van der Waals surface area (Å²) in [5.74, 6) is -0.297. The van der Waals surface area contributed by atoms with E-state index in [1.165, 1.54) is 6.07 Å². The van der Waals surface area contributed by atoms with Crippen LogP contribution in [0.15, 0.2) is 48.7 Å². The number of nitrogen functional groups attached to an aromatic ring is 1. The molecule has 0 aromatic heterocycles. The molecule has 2 aromatic carbocycles. The van der Waals surface area contributed by atoms with Gasteiger partial charge < -0.3 is 16.8 Å². The van der Waals surface area contributed by atoms with Crippen molar-refractivity contribution in [1.29, 1.82) is 0 Å². The van der Waals surface area contributed by atoms with Gasteiger partial charge in [-0.3, -0.25) is 0 Å². The maximum Gasteiger partial charge on any atom is 0.146 e. The highest BCUT2D eigenvalue weighted by Gasteiger charge is 2.06. The molecule has 4 heteroatoms. The van der Waals surface area contributed by atoms with Gasteiger partial charge >= 0.3 is 0 Å². The lowest BCUT2D eigenvalue weighted by Gasteiger charge is -2.10. The van der Waals surface area contributed by atoms with E-state index in [4.69, 9.17) is 11.5 Å². The standard InChI is InChI=1S/C16H18FN3/c1-2-11-6-5-8-13(17)16(11)20-10-15(19)12-7-3-4-9-14(12)18/h3-10,20H,2,18-19H2,1H3/b15-10-. The van der Waals surface area contributed by atoms with Crippen molar-refractivity contribution in [3.8, 4) is 0 Å². The second kappa shape index (κ2) is 6.10. The number of para-hydroxylation sites is 2. The molecule has 0 bridgehead atoms. The fraction of sp³-hybridized carbons (Fsp3) is 0.125. The van der Waals surface area contributed by atoms with Crippen LogP contribution in [-0.4, -0.2) is 0 Å². The Bertz CT molecular complexity index is 635. The Morgan fingerprint density at radius 1 is 1.20 bits per heavy atom. The average molecular weight is 271 g/mol. The van der Waals surface area contributed by atoms with Crippen LogP contribution in [0, 0.1) is 5.82 Å². The van der Waals surface area contributed by atoms with Gasteiger partial charge in [-0.05, 0) is 24.1 Å². The average Bonchev–Trinajstić information content (AvgIpc) is 2.46. The van der Waals surface area contributed by atoms with Crippen LogP contribution in [0.4, 0.5) is 15.8 Å². The molecule has 0 heterocycles. The van der Waals surface area contributed by atoms with Gasteiger partial charge in [-0.15, -0.1) is 0 Å². The normalized spacial score (nSPS) is 11.4. The topological polar surface area (TPSA) is 64.1 Å². The first kappa shape index (κ1) is 13.9. The molecular weight excluding hydrogens is 253 g/mol. The van der Waals surface area contributed by atoms with Gasteiger partial charge in [0.05, 0.1) is 11.4 Å². The van der Waals surface area contributed by atoms with Gasteiger partial charge in [0.2, 0.25) is 0 Å². The summed E-state index contributed by atoms with van der Waals surface area (Å²) in [4.78, 5) is 0. The number of anilines is 2. The molecule has 0 spiro atoms. The van der Waals surface area contributed by atoms with Crippen LogP contribution < -0.4 is 16.8 Å². The third-order valence-corrected chi connectivity index (χ3v) is 3.12.